The Labute approximate surface area is 127 Å². The summed E-state index contributed by atoms with van der Waals surface area (Å²) in [5.41, 5.74) is 1.55. The van der Waals surface area contributed by atoms with Gasteiger partial charge in [-0.3, -0.25) is 4.98 Å². The minimum absolute atomic E-state index is 0.707. The SMILES string of the molecule is CCCCCCCCCCNc1ccc2nccnc2n1. The molecule has 0 saturated heterocycles. The van der Waals surface area contributed by atoms with E-state index in [2.05, 4.69) is 27.2 Å². The van der Waals surface area contributed by atoms with Crippen LogP contribution in [-0.4, -0.2) is 21.5 Å². The van der Waals surface area contributed by atoms with Crippen molar-refractivity contribution in [1.29, 1.82) is 0 Å². The molecule has 114 valence electrons. The van der Waals surface area contributed by atoms with Gasteiger partial charge >= 0.3 is 0 Å². The predicted molar refractivity (Wildman–Crippen MR) is 88.4 cm³/mol. The lowest BCUT2D eigenvalue weighted by Gasteiger charge is -2.06. The summed E-state index contributed by atoms with van der Waals surface area (Å²) < 4.78 is 0. The van der Waals surface area contributed by atoms with Crippen LogP contribution < -0.4 is 5.32 Å². The number of unbranched alkanes of at least 4 members (excludes halogenated alkanes) is 7. The number of nitrogens with zero attached hydrogens (tertiary/aromatic N) is 3. The first kappa shape index (κ1) is 15.7. The molecule has 0 unspecified atom stereocenters. The van der Waals surface area contributed by atoms with Crippen molar-refractivity contribution < 1.29 is 0 Å². The van der Waals surface area contributed by atoms with Crippen LogP contribution in [0.4, 0.5) is 5.82 Å². The standard InChI is InChI=1S/C17H26N4/c1-2-3-4-5-6-7-8-9-12-19-16-11-10-15-17(21-16)20-14-13-18-15/h10-11,13-14H,2-9,12H2,1H3,(H,19,20,21). The lowest BCUT2D eigenvalue weighted by atomic mass is 10.1. The number of fused-ring (bicyclic) bond motifs is 1. The number of aromatic nitrogens is 3. The molecule has 0 amide bonds. The normalized spacial score (nSPS) is 10.9. The van der Waals surface area contributed by atoms with Gasteiger partial charge in [0.25, 0.3) is 0 Å². The summed E-state index contributed by atoms with van der Waals surface area (Å²) in [7, 11) is 0. The predicted octanol–water partition coefficient (Wildman–Crippen LogP) is 4.58. The summed E-state index contributed by atoms with van der Waals surface area (Å²) in [5, 5.41) is 3.37. The minimum atomic E-state index is 0.707. The van der Waals surface area contributed by atoms with Crippen LogP contribution in [0.25, 0.3) is 11.2 Å². The van der Waals surface area contributed by atoms with Gasteiger partial charge in [-0.15, -0.1) is 0 Å². The second-order valence-electron chi connectivity index (χ2n) is 5.50. The zero-order valence-electron chi connectivity index (χ0n) is 13.0. The molecule has 0 saturated carbocycles. The molecule has 0 fully saturated rings. The summed E-state index contributed by atoms with van der Waals surface area (Å²) in [6.45, 7) is 3.24. The van der Waals surface area contributed by atoms with E-state index in [1.54, 1.807) is 12.4 Å². The number of nitrogens with one attached hydrogen (secondary N) is 1. The highest BCUT2D eigenvalue weighted by molar-refractivity contribution is 5.71. The minimum Gasteiger partial charge on any atom is -0.370 e. The summed E-state index contributed by atoms with van der Waals surface area (Å²) in [6.07, 6.45) is 14.1. The maximum absolute atomic E-state index is 4.46. The quantitative estimate of drug-likeness (QED) is 0.650. The Morgan fingerprint density at radius 1 is 0.857 bits per heavy atom. The average molecular weight is 286 g/mol. The molecular weight excluding hydrogens is 260 g/mol. The lowest BCUT2D eigenvalue weighted by Crippen LogP contribution is -2.03. The fourth-order valence-electron chi connectivity index (χ4n) is 2.43. The van der Waals surface area contributed by atoms with Gasteiger partial charge in [-0.25, -0.2) is 9.97 Å². The van der Waals surface area contributed by atoms with Crippen LogP contribution in [-0.2, 0) is 0 Å². The zero-order chi connectivity index (χ0) is 14.8. The third-order valence-electron chi connectivity index (χ3n) is 3.67. The molecule has 21 heavy (non-hydrogen) atoms. The monoisotopic (exact) mass is 286 g/mol. The Morgan fingerprint density at radius 3 is 2.38 bits per heavy atom. The molecule has 0 spiro atoms. The maximum Gasteiger partial charge on any atom is 0.180 e. The second kappa shape index (κ2) is 9.27. The molecule has 0 radical (unpaired) electrons. The van der Waals surface area contributed by atoms with E-state index in [1.165, 1.54) is 51.4 Å². The van der Waals surface area contributed by atoms with Gasteiger partial charge in [-0.05, 0) is 18.6 Å². The van der Waals surface area contributed by atoms with Gasteiger partial charge in [0.2, 0.25) is 0 Å². The molecule has 0 atom stereocenters. The third-order valence-corrected chi connectivity index (χ3v) is 3.67. The van der Waals surface area contributed by atoms with Gasteiger partial charge in [0.05, 0.1) is 0 Å². The smallest absolute Gasteiger partial charge is 0.180 e. The van der Waals surface area contributed by atoms with Crippen LogP contribution in [0, 0.1) is 0 Å². The first-order valence-corrected chi connectivity index (χ1v) is 8.22. The van der Waals surface area contributed by atoms with Crippen LogP contribution in [0.1, 0.15) is 58.3 Å². The molecule has 0 aliphatic heterocycles. The highest BCUT2D eigenvalue weighted by atomic mass is 15.0. The van der Waals surface area contributed by atoms with E-state index in [0.717, 1.165) is 17.9 Å². The molecule has 2 rings (SSSR count). The van der Waals surface area contributed by atoms with Gasteiger partial charge in [0.15, 0.2) is 5.65 Å². The maximum atomic E-state index is 4.46. The van der Waals surface area contributed by atoms with E-state index < -0.39 is 0 Å². The van der Waals surface area contributed by atoms with Gasteiger partial charge < -0.3 is 5.32 Å². The number of hydrogen-bond donors (Lipinski definition) is 1. The van der Waals surface area contributed by atoms with Crippen molar-refractivity contribution in [2.24, 2.45) is 0 Å². The molecule has 0 aromatic carbocycles. The largest absolute Gasteiger partial charge is 0.370 e. The molecule has 2 heterocycles. The molecule has 0 bridgehead atoms. The van der Waals surface area contributed by atoms with Gasteiger partial charge in [-0.1, -0.05) is 51.9 Å². The molecule has 4 nitrogen and oxygen atoms in total. The van der Waals surface area contributed by atoms with Crippen LogP contribution in [0.5, 0.6) is 0 Å². The average Bonchev–Trinajstić information content (AvgIpc) is 2.53. The Balaban J connectivity index is 1.59. The number of rotatable bonds is 10. The fourth-order valence-corrected chi connectivity index (χ4v) is 2.43. The van der Waals surface area contributed by atoms with Crippen LogP contribution in [0.3, 0.4) is 0 Å². The van der Waals surface area contributed by atoms with Gasteiger partial charge in [-0.2, -0.15) is 0 Å². The molecule has 1 N–H and O–H groups in total. The van der Waals surface area contributed by atoms with Crippen molar-refractivity contribution in [2.45, 2.75) is 58.3 Å². The molecule has 0 aliphatic rings. The molecule has 2 aromatic rings. The molecule has 2 aromatic heterocycles. The molecular formula is C17H26N4. The van der Waals surface area contributed by atoms with E-state index in [1.807, 2.05) is 12.1 Å². The summed E-state index contributed by atoms with van der Waals surface area (Å²) >= 11 is 0. The highest BCUT2D eigenvalue weighted by Gasteiger charge is 1.99. The van der Waals surface area contributed by atoms with Crippen molar-refractivity contribution >= 4 is 17.0 Å². The van der Waals surface area contributed by atoms with Crippen molar-refractivity contribution in [2.75, 3.05) is 11.9 Å². The Hall–Kier alpha value is -1.71. The number of anilines is 1. The van der Waals surface area contributed by atoms with Crippen LogP contribution in [0.2, 0.25) is 0 Å². The van der Waals surface area contributed by atoms with E-state index in [0.29, 0.717) is 5.65 Å². The van der Waals surface area contributed by atoms with E-state index in [-0.39, 0.29) is 0 Å². The first-order chi connectivity index (χ1) is 10.4. The van der Waals surface area contributed by atoms with E-state index in [4.69, 9.17) is 0 Å². The lowest BCUT2D eigenvalue weighted by molar-refractivity contribution is 0.581. The molecule has 4 heteroatoms. The fraction of sp³-hybridized carbons (Fsp3) is 0.588. The number of hydrogen-bond acceptors (Lipinski definition) is 4. The van der Waals surface area contributed by atoms with Crippen molar-refractivity contribution in [3.05, 3.63) is 24.5 Å². The van der Waals surface area contributed by atoms with Crippen molar-refractivity contribution in [1.82, 2.24) is 15.0 Å². The van der Waals surface area contributed by atoms with Crippen LogP contribution in [0.15, 0.2) is 24.5 Å². The molecule has 0 aliphatic carbocycles. The topological polar surface area (TPSA) is 50.7 Å². The summed E-state index contributed by atoms with van der Waals surface area (Å²) in [4.78, 5) is 12.9. The zero-order valence-corrected chi connectivity index (χ0v) is 13.0. The first-order valence-electron chi connectivity index (χ1n) is 8.22. The van der Waals surface area contributed by atoms with Gasteiger partial charge in [0, 0.05) is 18.9 Å². The highest BCUT2D eigenvalue weighted by Crippen LogP contribution is 2.11. The van der Waals surface area contributed by atoms with Crippen molar-refractivity contribution in [3.8, 4) is 0 Å². The Kier molecular flexibility index (Phi) is 6.92. The number of pyridine rings is 1. The summed E-state index contributed by atoms with van der Waals surface area (Å²) in [6, 6.07) is 3.94. The second-order valence-corrected chi connectivity index (χ2v) is 5.50. The third kappa shape index (κ3) is 5.66. The van der Waals surface area contributed by atoms with E-state index in [9.17, 15) is 0 Å². The van der Waals surface area contributed by atoms with E-state index >= 15 is 0 Å². The van der Waals surface area contributed by atoms with Gasteiger partial charge in [0.1, 0.15) is 11.3 Å². The summed E-state index contributed by atoms with van der Waals surface area (Å²) in [5.74, 6) is 0.894. The Morgan fingerprint density at radius 2 is 1.57 bits per heavy atom. The Bertz CT molecular complexity index is 527. The van der Waals surface area contributed by atoms with Crippen LogP contribution >= 0.6 is 0 Å². The van der Waals surface area contributed by atoms with Crippen molar-refractivity contribution in [3.63, 3.8) is 0 Å².